The molecule has 2 rings (SSSR count). The summed E-state index contributed by atoms with van der Waals surface area (Å²) in [6.45, 7) is 5.57. The zero-order valence-corrected chi connectivity index (χ0v) is 16.8. The molecule has 2 amide bonds. The van der Waals surface area contributed by atoms with Gasteiger partial charge < -0.3 is 19.9 Å². The number of nitrogens with zero attached hydrogens (tertiary/aromatic N) is 1. The molecule has 0 aliphatic carbocycles. The molecule has 2 aromatic rings. The van der Waals surface area contributed by atoms with Gasteiger partial charge in [0.1, 0.15) is 5.76 Å². The van der Waals surface area contributed by atoms with Gasteiger partial charge in [0.05, 0.1) is 11.5 Å². The minimum absolute atomic E-state index is 0.0408. The summed E-state index contributed by atoms with van der Waals surface area (Å²) in [7, 11) is 0. The molecule has 0 saturated heterocycles. The van der Waals surface area contributed by atoms with Crippen molar-refractivity contribution in [2.45, 2.75) is 33.4 Å². The third-order valence-electron chi connectivity index (χ3n) is 3.61. The van der Waals surface area contributed by atoms with Gasteiger partial charge in [0, 0.05) is 12.6 Å². The summed E-state index contributed by atoms with van der Waals surface area (Å²) in [5, 5.41) is 8.92. The SMILES string of the molecule is Cc1ccc(CNC(=O)[C@@H](C)OC(=O)CSCC(=O)Nc2cc(C)on2)cc1. The molecule has 0 aliphatic rings. The predicted molar refractivity (Wildman–Crippen MR) is 106 cm³/mol. The number of amides is 2. The monoisotopic (exact) mass is 405 g/mol. The third-order valence-corrected chi connectivity index (χ3v) is 4.52. The molecular formula is C19H23N3O5S. The van der Waals surface area contributed by atoms with E-state index in [9.17, 15) is 14.4 Å². The van der Waals surface area contributed by atoms with Crippen LogP contribution in [0.2, 0.25) is 0 Å². The molecule has 150 valence electrons. The van der Waals surface area contributed by atoms with Crippen LogP contribution in [0.3, 0.4) is 0 Å². The van der Waals surface area contributed by atoms with E-state index in [2.05, 4.69) is 15.8 Å². The summed E-state index contributed by atoms with van der Waals surface area (Å²) >= 11 is 1.08. The number of aryl methyl sites for hydroxylation is 2. The fourth-order valence-corrected chi connectivity index (χ4v) is 2.75. The molecule has 0 radical (unpaired) electrons. The van der Waals surface area contributed by atoms with E-state index in [1.807, 2.05) is 31.2 Å². The van der Waals surface area contributed by atoms with Gasteiger partial charge >= 0.3 is 5.97 Å². The Kier molecular flexibility index (Phi) is 8.06. The lowest BCUT2D eigenvalue weighted by Gasteiger charge is -2.13. The fourth-order valence-electron chi connectivity index (χ4n) is 2.15. The van der Waals surface area contributed by atoms with Crippen molar-refractivity contribution in [3.63, 3.8) is 0 Å². The Morgan fingerprint density at radius 1 is 1.18 bits per heavy atom. The van der Waals surface area contributed by atoms with Gasteiger partial charge in [-0.1, -0.05) is 35.0 Å². The number of aromatic nitrogens is 1. The van der Waals surface area contributed by atoms with E-state index in [4.69, 9.17) is 9.26 Å². The van der Waals surface area contributed by atoms with Crippen LogP contribution in [0.15, 0.2) is 34.9 Å². The van der Waals surface area contributed by atoms with E-state index in [0.29, 0.717) is 18.1 Å². The van der Waals surface area contributed by atoms with Crippen molar-refractivity contribution in [3.05, 3.63) is 47.2 Å². The molecule has 0 unspecified atom stereocenters. The quantitative estimate of drug-likeness (QED) is 0.615. The third kappa shape index (κ3) is 7.43. The normalized spacial score (nSPS) is 11.5. The Hall–Kier alpha value is -2.81. The first kappa shape index (κ1) is 21.5. The van der Waals surface area contributed by atoms with Gasteiger partial charge in [-0.3, -0.25) is 14.4 Å². The minimum atomic E-state index is -0.912. The maximum atomic E-state index is 12.0. The number of carbonyl (C=O) groups is 3. The van der Waals surface area contributed by atoms with Crippen molar-refractivity contribution >= 4 is 35.4 Å². The Morgan fingerprint density at radius 2 is 1.89 bits per heavy atom. The van der Waals surface area contributed by atoms with Crippen molar-refractivity contribution < 1.29 is 23.6 Å². The van der Waals surface area contributed by atoms with Gasteiger partial charge in [-0.05, 0) is 26.3 Å². The molecule has 2 N–H and O–H groups in total. The molecule has 28 heavy (non-hydrogen) atoms. The molecule has 8 nitrogen and oxygen atoms in total. The summed E-state index contributed by atoms with van der Waals surface area (Å²) in [4.78, 5) is 35.6. The van der Waals surface area contributed by atoms with Crippen LogP contribution in [-0.2, 0) is 25.7 Å². The number of hydrogen-bond acceptors (Lipinski definition) is 7. The largest absolute Gasteiger partial charge is 0.452 e. The van der Waals surface area contributed by atoms with Crippen molar-refractivity contribution in [1.29, 1.82) is 0 Å². The number of anilines is 1. The molecule has 1 heterocycles. The molecule has 9 heteroatoms. The maximum Gasteiger partial charge on any atom is 0.316 e. The van der Waals surface area contributed by atoms with E-state index in [0.717, 1.165) is 22.9 Å². The van der Waals surface area contributed by atoms with Gasteiger partial charge in [-0.25, -0.2) is 0 Å². The molecule has 0 saturated carbocycles. The van der Waals surface area contributed by atoms with E-state index in [1.165, 1.54) is 6.92 Å². The standard InChI is InChI=1S/C19H23N3O5S/c1-12-4-6-15(7-5-12)9-20-19(25)14(3)26-18(24)11-28-10-17(23)21-16-8-13(2)27-22-16/h4-8,14H,9-11H2,1-3H3,(H,20,25)(H,21,22,23)/t14-/m1/s1. The number of thioether (sulfide) groups is 1. The maximum absolute atomic E-state index is 12.0. The summed E-state index contributed by atoms with van der Waals surface area (Å²) in [6.07, 6.45) is -0.912. The smallest absolute Gasteiger partial charge is 0.316 e. The lowest BCUT2D eigenvalue weighted by molar-refractivity contribution is -0.152. The molecule has 1 atom stereocenters. The van der Waals surface area contributed by atoms with Gasteiger partial charge in [0.15, 0.2) is 11.9 Å². The Bertz CT molecular complexity index is 819. The van der Waals surface area contributed by atoms with Gasteiger partial charge in [-0.2, -0.15) is 0 Å². The van der Waals surface area contributed by atoms with Crippen molar-refractivity contribution in [3.8, 4) is 0 Å². The highest BCUT2D eigenvalue weighted by molar-refractivity contribution is 8.00. The summed E-state index contributed by atoms with van der Waals surface area (Å²) < 4.78 is 9.94. The van der Waals surface area contributed by atoms with Gasteiger partial charge in [-0.15, -0.1) is 11.8 Å². The Labute approximate surface area is 167 Å². The highest BCUT2D eigenvalue weighted by Gasteiger charge is 2.18. The second kappa shape index (κ2) is 10.5. The predicted octanol–water partition coefficient (Wildman–Crippen LogP) is 2.21. The number of rotatable bonds is 9. The van der Waals surface area contributed by atoms with Crippen LogP contribution in [0.4, 0.5) is 5.82 Å². The molecular weight excluding hydrogens is 382 g/mol. The number of benzene rings is 1. The number of ether oxygens (including phenoxy) is 1. The highest BCUT2D eigenvalue weighted by Crippen LogP contribution is 2.09. The number of nitrogens with one attached hydrogen (secondary N) is 2. The van der Waals surface area contributed by atoms with Crippen molar-refractivity contribution in [1.82, 2.24) is 10.5 Å². The summed E-state index contributed by atoms with van der Waals surface area (Å²) in [5.41, 5.74) is 2.10. The molecule has 0 spiro atoms. The molecule has 1 aromatic heterocycles. The van der Waals surface area contributed by atoms with Crippen LogP contribution in [0.5, 0.6) is 0 Å². The number of hydrogen-bond donors (Lipinski definition) is 2. The van der Waals surface area contributed by atoms with Gasteiger partial charge in [0.2, 0.25) is 5.91 Å². The van der Waals surface area contributed by atoms with E-state index in [1.54, 1.807) is 13.0 Å². The van der Waals surface area contributed by atoms with Crippen LogP contribution >= 0.6 is 11.8 Å². The van der Waals surface area contributed by atoms with E-state index >= 15 is 0 Å². The molecule has 0 bridgehead atoms. The average molecular weight is 405 g/mol. The lowest BCUT2D eigenvalue weighted by Crippen LogP contribution is -2.35. The van der Waals surface area contributed by atoms with Crippen LogP contribution < -0.4 is 10.6 Å². The average Bonchev–Trinajstić information content (AvgIpc) is 3.05. The number of esters is 1. The van der Waals surface area contributed by atoms with Crippen LogP contribution in [-0.4, -0.2) is 40.6 Å². The first-order valence-corrected chi connectivity index (χ1v) is 9.82. The van der Waals surface area contributed by atoms with Crippen molar-refractivity contribution in [2.75, 3.05) is 16.8 Å². The van der Waals surface area contributed by atoms with Crippen LogP contribution in [0, 0.1) is 13.8 Å². The first-order chi connectivity index (χ1) is 13.3. The van der Waals surface area contributed by atoms with Crippen molar-refractivity contribution in [2.24, 2.45) is 0 Å². The van der Waals surface area contributed by atoms with E-state index < -0.39 is 12.1 Å². The summed E-state index contributed by atoms with van der Waals surface area (Å²) in [5.74, 6) is -0.331. The molecule has 0 fully saturated rings. The minimum Gasteiger partial charge on any atom is -0.452 e. The number of carbonyl (C=O) groups excluding carboxylic acids is 3. The zero-order chi connectivity index (χ0) is 20.5. The zero-order valence-electron chi connectivity index (χ0n) is 16.0. The summed E-state index contributed by atoms with van der Waals surface area (Å²) in [6, 6.07) is 9.36. The topological polar surface area (TPSA) is 111 Å². The lowest BCUT2D eigenvalue weighted by atomic mass is 10.1. The Morgan fingerprint density at radius 3 is 2.54 bits per heavy atom. The fraction of sp³-hybridized carbons (Fsp3) is 0.368. The van der Waals surface area contributed by atoms with Gasteiger partial charge in [0.25, 0.3) is 5.91 Å². The highest BCUT2D eigenvalue weighted by atomic mass is 32.2. The van der Waals surface area contributed by atoms with E-state index in [-0.39, 0.29) is 23.3 Å². The van der Waals surface area contributed by atoms with Crippen LogP contribution in [0.25, 0.3) is 0 Å². The first-order valence-electron chi connectivity index (χ1n) is 8.67. The second-order valence-electron chi connectivity index (χ2n) is 6.20. The Balaban J connectivity index is 1.63. The second-order valence-corrected chi connectivity index (χ2v) is 7.18. The molecule has 1 aromatic carbocycles. The molecule has 0 aliphatic heterocycles. The van der Waals surface area contributed by atoms with Crippen LogP contribution in [0.1, 0.15) is 23.8 Å².